The van der Waals surface area contributed by atoms with Crippen molar-refractivity contribution in [2.45, 2.75) is 13.3 Å². The molecule has 13 heavy (non-hydrogen) atoms. The number of rotatable bonds is 1. The van der Waals surface area contributed by atoms with Crippen LogP contribution in [0.5, 0.6) is 11.5 Å². The van der Waals surface area contributed by atoms with Crippen LogP contribution >= 0.6 is 12.6 Å². The van der Waals surface area contributed by atoms with Gasteiger partial charge in [-0.05, 0) is 30.4 Å². The number of benzene rings is 1. The molecule has 0 saturated heterocycles. The molecular weight excluding hydrogens is 184 g/mol. The van der Waals surface area contributed by atoms with Crippen LogP contribution in [0.1, 0.15) is 12.5 Å². The van der Waals surface area contributed by atoms with Gasteiger partial charge in [-0.1, -0.05) is 13.0 Å². The number of fused-ring (bicyclic) bond motifs is 1. The molecule has 0 aliphatic carbocycles. The summed E-state index contributed by atoms with van der Waals surface area (Å²) < 4.78 is 10.4. The molecule has 0 atom stereocenters. The van der Waals surface area contributed by atoms with Gasteiger partial charge in [0.1, 0.15) is 0 Å². The second-order valence-corrected chi connectivity index (χ2v) is 2.54. The second kappa shape index (κ2) is 5.02. The smallest absolute Gasteiger partial charge is 0.231 e. The molecule has 0 fully saturated rings. The first kappa shape index (κ1) is 10.3. The van der Waals surface area contributed by atoms with Crippen molar-refractivity contribution in [1.82, 2.24) is 0 Å². The van der Waals surface area contributed by atoms with Crippen LogP contribution in [0.25, 0.3) is 0 Å². The highest BCUT2D eigenvalue weighted by Gasteiger charge is 2.11. The number of hydrogen-bond donors (Lipinski definition) is 1. The van der Waals surface area contributed by atoms with E-state index in [0.29, 0.717) is 6.79 Å². The molecule has 0 radical (unpaired) electrons. The van der Waals surface area contributed by atoms with Crippen molar-refractivity contribution in [2.75, 3.05) is 13.0 Å². The molecule has 0 unspecified atom stereocenters. The third-order valence-corrected chi connectivity index (χ3v) is 1.85. The lowest BCUT2D eigenvalue weighted by atomic mass is 10.1. The van der Waals surface area contributed by atoms with E-state index < -0.39 is 0 Å². The molecule has 1 aromatic carbocycles. The predicted octanol–water partition coefficient (Wildman–Crippen LogP) is 2.52. The molecule has 1 aliphatic heterocycles. The average molecular weight is 198 g/mol. The van der Waals surface area contributed by atoms with Crippen LogP contribution < -0.4 is 9.47 Å². The van der Waals surface area contributed by atoms with E-state index in [1.165, 1.54) is 5.56 Å². The van der Waals surface area contributed by atoms with E-state index in [9.17, 15) is 0 Å². The minimum Gasteiger partial charge on any atom is -0.454 e. The first-order chi connectivity index (χ1) is 6.40. The van der Waals surface area contributed by atoms with E-state index in [0.717, 1.165) is 17.9 Å². The van der Waals surface area contributed by atoms with E-state index in [1.807, 2.05) is 12.1 Å². The van der Waals surface area contributed by atoms with Gasteiger partial charge in [0.2, 0.25) is 6.79 Å². The Morgan fingerprint density at radius 2 is 1.92 bits per heavy atom. The number of aryl methyl sites for hydroxylation is 1. The van der Waals surface area contributed by atoms with E-state index in [1.54, 1.807) is 6.26 Å². The number of ether oxygens (including phenoxy) is 2. The van der Waals surface area contributed by atoms with E-state index in [4.69, 9.17) is 9.47 Å². The zero-order chi connectivity index (χ0) is 9.68. The van der Waals surface area contributed by atoms with Gasteiger partial charge in [-0.15, -0.1) is 0 Å². The van der Waals surface area contributed by atoms with Crippen LogP contribution in [-0.2, 0) is 6.42 Å². The van der Waals surface area contributed by atoms with Gasteiger partial charge >= 0.3 is 0 Å². The molecule has 0 amide bonds. The Hall–Kier alpha value is -0.830. The molecule has 0 saturated carbocycles. The van der Waals surface area contributed by atoms with Crippen molar-refractivity contribution in [3.05, 3.63) is 23.8 Å². The van der Waals surface area contributed by atoms with Gasteiger partial charge < -0.3 is 9.47 Å². The highest BCUT2D eigenvalue weighted by molar-refractivity contribution is 7.79. The molecule has 2 rings (SSSR count). The summed E-state index contributed by atoms with van der Waals surface area (Å²) in [5.74, 6) is 1.74. The van der Waals surface area contributed by atoms with Gasteiger partial charge in [0.15, 0.2) is 11.5 Å². The summed E-state index contributed by atoms with van der Waals surface area (Å²) in [5, 5.41) is 0. The Morgan fingerprint density at radius 3 is 2.62 bits per heavy atom. The van der Waals surface area contributed by atoms with Crippen LogP contribution in [-0.4, -0.2) is 13.0 Å². The Balaban J connectivity index is 0.000000396. The Kier molecular flexibility index (Phi) is 3.96. The Labute approximate surface area is 84.3 Å². The van der Waals surface area contributed by atoms with Gasteiger partial charge in [0, 0.05) is 0 Å². The van der Waals surface area contributed by atoms with Crippen molar-refractivity contribution >= 4 is 12.6 Å². The largest absolute Gasteiger partial charge is 0.454 e. The minimum atomic E-state index is 0.364. The summed E-state index contributed by atoms with van der Waals surface area (Å²) in [6.07, 6.45) is 2.73. The fourth-order valence-electron chi connectivity index (χ4n) is 1.16. The molecule has 1 aromatic rings. The molecule has 0 aromatic heterocycles. The first-order valence-electron chi connectivity index (χ1n) is 4.23. The normalized spacial score (nSPS) is 11.9. The van der Waals surface area contributed by atoms with Crippen molar-refractivity contribution in [2.24, 2.45) is 0 Å². The van der Waals surface area contributed by atoms with Gasteiger partial charge in [-0.25, -0.2) is 0 Å². The van der Waals surface area contributed by atoms with Gasteiger partial charge in [-0.2, -0.15) is 12.6 Å². The quantitative estimate of drug-likeness (QED) is 0.699. The zero-order valence-corrected chi connectivity index (χ0v) is 8.80. The molecule has 0 N–H and O–H groups in total. The van der Waals surface area contributed by atoms with Crippen LogP contribution in [0.15, 0.2) is 18.2 Å². The Morgan fingerprint density at radius 1 is 1.23 bits per heavy atom. The maximum Gasteiger partial charge on any atom is 0.231 e. The summed E-state index contributed by atoms with van der Waals surface area (Å²) in [5.41, 5.74) is 1.29. The molecule has 1 heterocycles. The topological polar surface area (TPSA) is 18.5 Å². The predicted molar refractivity (Wildman–Crippen MR) is 56.9 cm³/mol. The molecule has 1 aliphatic rings. The molecule has 0 bridgehead atoms. The number of thiol groups is 1. The van der Waals surface area contributed by atoms with Crippen molar-refractivity contribution in [3.8, 4) is 11.5 Å². The molecule has 0 spiro atoms. The van der Waals surface area contributed by atoms with E-state index in [2.05, 4.69) is 25.6 Å². The fourth-order valence-corrected chi connectivity index (χ4v) is 1.16. The van der Waals surface area contributed by atoms with Gasteiger partial charge in [0.25, 0.3) is 0 Å². The second-order valence-electron chi connectivity index (χ2n) is 2.54. The highest BCUT2D eigenvalue weighted by Crippen LogP contribution is 2.32. The van der Waals surface area contributed by atoms with Crippen LogP contribution in [0.3, 0.4) is 0 Å². The fraction of sp³-hybridized carbons (Fsp3) is 0.400. The van der Waals surface area contributed by atoms with Crippen molar-refractivity contribution in [3.63, 3.8) is 0 Å². The number of hydrogen-bond acceptors (Lipinski definition) is 3. The van der Waals surface area contributed by atoms with Crippen molar-refractivity contribution < 1.29 is 9.47 Å². The first-order valence-corrected chi connectivity index (χ1v) is 5.13. The SMILES string of the molecule is CCc1ccc2c(c1)OCO2.CS. The summed E-state index contributed by atoms with van der Waals surface area (Å²) in [4.78, 5) is 0. The summed E-state index contributed by atoms with van der Waals surface area (Å²) in [7, 11) is 0. The van der Waals surface area contributed by atoms with Gasteiger partial charge in [0.05, 0.1) is 0 Å². The van der Waals surface area contributed by atoms with Gasteiger partial charge in [-0.3, -0.25) is 0 Å². The van der Waals surface area contributed by atoms with Crippen LogP contribution in [0.4, 0.5) is 0 Å². The average Bonchev–Trinajstić information content (AvgIpc) is 2.67. The maximum atomic E-state index is 5.22. The standard InChI is InChI=1S/C9H10O2.CH4S/c1-2-7-3-4-8-9(5-7)11-6-10-8;1-2/h3-5H,2,6H2,1H3;2H,1H3. The highest BCUT2D eigenvalue weighted by atomic mass is 32.1. The van der Waals surface area contributed by atoms with Crippen LogP contribution in [0, 0.1) is 0 Å². The van der Waals surface area contributed by atoms with E-state index >= 15 is 0 Å². The molecule has 3 heteroatoms. The monoisotopic (exact) mass is 198 g/mol. The summed E-state index contributed by atoms with van der Waals surface area (Å²) in [6, 6.07) is 6.05. The lowest BCUT2D eigenvalue weighted by Gasteiger charge is -1.97. The van der Waals surface area contributed by atoms with Crippen molar-refractivity contribution in [1.29, 1.82) is 0 Å². The maximum absolute atomic E-state index is 5.22. The third kappa shape index (κ3) is 2.31. The zero-order valence-electron chi connectivity index (χ0n) is 7.91. The minimum absolute atomic E-state index is 0.364. The summed E-state index contributed by atoms with van der Waals surface area (Å²) in [6.45, 7) is 2.49. The lowest BCUT2D eigenvalue weighted by molar-refractivity contribution is 0.174. The molecule has 2 nitrogen and oxygen atoms in total. The molecular formula is C10H14O2S. The third-order valence-electron chi connectivity index (χ3n) is 1.85. The van der Waals surface area contributed by atoms with E-state index in [-0.39, 0.29) is 0 Å². The lowest BCUT2D eigenvalue weighted by Crippen LogP contribution is -1.92. The Bertz CT molecular complexity index is 274. The molecule has 72 valence electrons. The van der Waals surface area contributed by atoms with Crippen LogP contribution in [0.2, 0.25) is 0 Å². The summed E-state index contributed by atoms with van der Waals surface area (Å²) >= 11 is 3.53.